The quantitative estimate of drug-likeness (QED) is 0.237. The zero-order valence-electron chi connectivity index (χ0n) is 18.9. The average molecular weight is 543 g/mol. The predicted octanol–water partition coefficient (Wildman–Crippen LogP) is 5.33. The van der Waals surface area contributed by atoms with Gasteiger partial charge in [0.25, 0.3) is 0 Å². The van der Waals surface area contributed by atoms with Crippen LogP contribution in [0.15, 0.2) is 0 Å². The van der Waals surface area contributed by atoms with Crippen LogP contribution in [0.4, 0.5) is 26.3 Å². The van der Waals surface area contributed by atoms with Crippen molar-refractivity contribution < 1.29 is 47.9 Å². The summed E-state index contributed by atoms with van der Waals surface area (Å²) in [4.78, 5) is 0. The minimum Gasteiger partial charge on any atom is -0.381 e. The van der Waals surface area contributed by atoms with Crippen LogP contribution in [0.25, 0.3) is 0 Å². The van der Waals surface area contributed by atoms with E-state index in [0.717, 1.165) is 6.61 Å². The number of alkyl halides is 6. The summed E-state index contributed by atoms with van der Waals surface area (Å²) >= 11 is 0. The number of sulfonamides is 2. The van der Waals surface area contributed by atoms with Crippen molar-refractivity contribution in [3.8, 4) is 0 Å². The van der Waals surface area contributed by atoms with E-state index in [1.807, 2.05) is 7.11 Å². The van der Waals surface area contributed by atoms with Gasteiger partial charge in [-0.15, -0.1) is 0 Å². The van der Waals surface area contributed by atoms with Gasteiger partial charge in [-0.05, 0) is 19.3 Å². The fourth-order valence-electron chi connectivity index (χ4n) is 2.68. The number of methoxy groups -OCH3 is 1. The molecule has 0 aliphatic heterocycles. The lowest BCUT2D eigenvalue weighted by molar-refractivity contribution is -0.0476. The number of nitrogens with one attached hydrogen (secondary N) is 1. The van der Waals surface area contributed by atoms with Crippen molar-refractivity contribution in [3.05, 3.63) is 0 Å². The molecule has 0 amide bonds. The van der Waals surface area contributed by atoms with Crippen LogP contribution in [0.1, 0.15) is 59.3 Å². The van der Waals surface area contributed by atoms with Crippen molar-refractivity contribution in [2.45, 2.75) is 70.3 Å². The summed E-state index contributed by atoms with van der Waals surface area (Å²) in [5.41, 5.74) is -12.3. The van der Waals surface area contributed by atoms with E-state index in [1.54, 1.807) is 0 Å². The molecule has 0 spiro atoms. The minimum absolute atomic E-state index is 0.493. The number of hydrogen-bond donors (Lipinski definition) is 1. The maximum absolute atomic E-state index is 11.5. The summed E-state index contributed by atoms with van der Waals surface area (Å²) in [6.07, 6.45) is 14.3. The molecule has 0 heterocycles. The Balaban J connectivity index is 0. The van der Waals surface area contributed by atoms with E-state index in [9.17, 15) is 43.2 Å². The molecule has 0 aromatic rings. The van der Waals surface area contributed by atoms with E-state index in [0.29, 0.717) is 0 Å². The van der Waals surface area contributed by atoms with Crippen LogP contribution in [0.5, 0.6) is 0 Å². The molecule has 0 rings (SSSR count). The Morgan fingerprint density at radius 2 is 1.00 bits per heavy atom. The Hall–Kier alpha value is -0.170. The first-order valence-corrected chi connectivity index (χ1v) is 15.7. The lowest BCUT2D eigenvalue weighted by Crippen LogP contribution is -2.45. The molecule has 0 fully saturated rings. The molecule has 0 aliphatic carbocycles. The van der Waals surface area contributed by atoms with Crippen molar-refractivity contribution in [1.82, 2.24) is 4.13 Å². The third-order valence-electron chi connectivity index (χ3n) is 4.56. The molecule has 0 aliphatic rings. The fourth-order valence-corrected chi connectivity index (χ4v) is 9.46. The summed E-state index contributed by atoms with van der Waals surface area (Å²) in [6, 6.07) is 0. The Morgan fingerprint density at radius 1 is 0.688 bits per heavy atom. The first-order chi connectivity index (χ1) is 14.4. The highest BCUT2D eigenvalue weighted by molar-refractivity contribution is 8.05. The number of rotatable bonds is 14. The van der Waals surface area contributed by atoms with E-state index in [1.165, 1.54) is 63.2 Å². The molecule has 15 heteroatoms. The first-order valence-electron chi connectivity index (χ1n) is 10.2. The highest BCUT2D eigenvalue weighted by Gasteiger charge is 2.55. The zero-order chi connectivity index (χ0) is 25.7. The fraction of sp³-hybridized carbons (Fsp3) is 1.00. The molecule has 0 aromatic heterocycles. The van der Waals surface area contributed by atoms with E-state index in [4.69, 9.17) is 4.74 Å². The summed E-state index contributed by atoms with van der Waals surface area (Å²) in [5.74, 6) is 0. The van der Waals surface area contributed by atoms with E-state index < -0.39 is 42.5 Å². The first kappa shape index (κ1) is 34.0. The second kappa shape index (κ2) is 15.0. The maximum atomic E-state index is 11.5. The molecule has 196 valence electrons. The number of halogens is 6. The smallest absolute Gasteiger partial charge is 0.381 e. The largest absolute Gasteiger partial charge is 0.512 e. The Morgan fingerprint density at radius 3 is 1.22 bits per heavy atom. The molecular formula is C17H35F6NO5PS2+. The highest BCUT2D eigenvalue weighted by Crippen LogP contribution is 2.60. The van der Waals surface area contributed by atoms with Crippen LogP contribution in [0.3, 0.4) is 0 Å². The van der Waals surface area contributed by atoms with Crippen molar-refractivity contribution in [2.75, 3.05) is 38.4 Å². The van der Waals surface area contributed by atoms with Crippen LogP contribution < -0.4 is 4.13 Å². The van der Waals surface area contributed by atoms with Crippen LogP contribution in [-0.2, 0) is 24.8 Å². The maximum Gasteiger partial charge on any atom is 0.512 e. The Labute approximate surface area is 188 Å². The van der Waals surface area contributed by atoms with Gasteiger partial charge >= 0.3 is 31.1 Å². The molecule has 6 nitrogen and oxygen atoms in total. The average Bonchev–Trinajstić information content (AvgIpc) is 2.65. The molecule has 0 atom stereocenters. The van der Waals surface area contributed by atoms with Gasteiger partial charge in [0.1, 0.15) is 0 Å². The van der Waals surface area contributed by atoms with Gasteiger partial charge in [0, 0.05) is 14.4 Å². The van der Waals surface area contributed by atoms with Crippen LogP contribution in [0.2, 0.25) is 0 Å². The molecule has 0 unspecified atom stereocenters. The van der Waals surface area contributed by atoms with E-state index in [-0.39, 0.29) is 0 Å². The topological polar surface area (TPSA) is 89.5 Å². The van der Waals surface area contributed by atoms with Crippen LogP contribution in [0, 0.1) is 0 Å². The predicted molar refractivity (Wildman–Crippen MR) is 116 cm³/mol. The van der Waals surface area contributed by atoms with Gasteiger partial charge in [-0.1, -0.05) is 44.2 Å². The van der Waals surface area contributed by atoms with Crippen molar-refractivity contribution in [3.63, 3.8) is 0 Å². The van der Waals surface area contributed by atoms with E-state index >= 15 is 0 Å². The standard InChI is InChI=1S/C15H34OP.C2HF6NO4S2/c1-5-8-12-17(13-9-6-2,14-10-7-3)15-11-16-4;3-1(4,5)14(10,11)9-15(12,13)2(6,7)8/h5-15H2,1-4H3;9H/q+1;. The van der Waals surface area contributed by atoms with E-state index in [2.05, 4.69) is 20.8 Å². The second-order valence-electron chi connectivity index (χ2n) is 7.27. The third kappa shape index (κ3) is 12.9. The van der Waals surface area contributed by atoms with Gasteiger partial charge in [0.2, 0.25) is 0 Å². The molecule has 1 N–H and O–H groups in total. The Kier molecular flexibility index (Phi) is 15.9. The van der Waals surface area contributed by atoms with Gasteiger partial charge in [-0.2, -0.15) is 26.3 Å². The normalized spacial score (nSPS) is 13.6. The third-order valence-corrected chi connectivity index (χ3v) is 12.5. The zero-order valence-corrected chi connectivity index (χ0v) is 21.4. The molecule has 0 saturated carbocycles. The highest BCUT2D eigenvalue weighted by atomic mass is 32.3. The van der Waals surface area contributed by atoms with Gasteiger partial charge < -0.3 is 4.74 Å². The number of hydrogen-bond acceptors (Lipinski definition) is 5. The molecule has 0 bridgehead atoms. The minimum atomic E-state index is -6.60. The Bertz CT molecular complexity index is 632. The monoisotopic (exact) mass is 542 g/mol. The van der Waals surface area contributed by atoms with Gasteiger partial charge in [0.05, 0.1) is 31.3 Å². The lowest BCUT2D eigenvalue weighted by Gasteiger charge is -2.27. The lowest BCUT2D eigenvalue weighted by atomic mass is 10.4. The summed E-state index contributed by atoms with van der Waals surface area (Å²) < 4.78 is 114. The molecule has 0 aromatic carbocycles. The molecular weight excluding hydrogens is 507 g/mol. The van der Waals surface area contributed by atoms with Crippen molar-refractivity contribution in [2.24, 2.45) is 0 Å². The summed E-state index contributed by atoms with van der Waals surface area (Å²) in [6.45, 7) is 7.96. The number of ether oxygens (including phenoxy) is 1. The molecule has 32 heavy (non-hydrogen) atoms. The molecule has 0 radical (unpaired) electrons. The van der Waals surface area contributed by atoms with Crippen LogP contribution in [-0.4, -0.2) is 66.2 Å². The summed E-state index contributed by atoms with van der Waals surface area (Å²) in [5, 5.41) is 0. The second-order valence-corrected chi connectivity index (χ2v) is 15.3. The van der Waals surface area contributed by atoms with Gasteiger partial charge in [-0.25, -0.2) is 16.8 Å². The van der Waals surface area contributed by atoms with Crippen molar-refractivity contribution >= 4 is 27.3 Å². The van der Waals surface area contributed by atoms with Gasteiger partial charge in [-0.3, -0.25) is 0 Å². The molecule has 0 saturated heterocycles. The van der Waals surface area contributed by atoms with Crippen LogP contribution >= 0.6 is 7.26 Å². The van der Waals surface area contributed by atoms with Gasteiger partial charge in [0.15, 0.2) is 0 Å². The SMILES string of the molecule is CCCC[P+](CCCC)(CCCC)CCOC.O=S(=O)(NS(=O)(=O)C(F)(F)F)C(F)(F)F. The number of unbranched alkanes of at least 4 members (excludes halogenated alkanes) is 3. The van der Waals surface area contributed by atoms with Crippen molar-refractivity contribution in [1.29, 1.82) is 0 Å². The summed E-state index contributed by atoms with van der Waals surface area (Å²) in [7, 11) is -12.0.